The van der Waals surface area contributed by atoms with Crippen LogP contribution in [0.5, 0.6) is 0 Å². The Labute approximate surface area is 162 Å². The van der Waals surface area contributed by atoms with Gasteiger partial charge in [0.2, 0.25) is 0 Å². The average Bonchev–Trinajstić information content (AvgIpc) is 2.58. The van der Waals surface area contributed by atoms with Crippen molar-refractivity contribution in [2.75, 3.05) is 6.61 Å². The number of rotatable bonds is 0. The molecule has 25 heavy (non-hydrogen) atoms. The summed E-state index contributed by atoms with van der Waals surface area (Å²) in [5.41, 5.74) is -0.567. The zero-order valence-corrected chi connectivity index (χ0v) is 16.1. The molecule has 0 fully saturated rings. The first-order chi connectivity index (χ1) is 11.9. The van der Waals surface area contributed by atoms with E-state index in [0.29, 0.717) is 25.9 Å². The molecular weight excluding hydrogens is 387 g/mol. The van der Waals surface area contributed by atoms with Gasteiger partial charge in [-0.25, -0.2) is 9.59 Å². The second kappa shape index (κ2) is 9.65. The number of ether oxygens (including phenoxy) is 2. The molecule has 0 aliphatic carbocycles. The first-order valence-corrected chi connectivity index (χ1v) is 9.57. The number of hydrogen-bond acceptors (Lipinski definition) is 4. The van der Waals surface area contributed by atoms with Crippen LogP contribution < -0.4 is 0 Å². The summed E-state index contributed by atoms with van der Waals surface area (Å²) in [5.74, 6) is -1.21. The van der Waals surface area contributed by atoms with Crippen LogP contribution in [0.3, 0.4) is 0 Å². The minimum Gasteiger partial charge on any atom is -0.462 e. The zero-order chi connectivity index (χ0) is 18.3. The zero-order valence-electron chi connectivity index (χ0n) is 13.8. The largest absolute Gasteiger partial charge is 0.462 e. The van der Waals surface area contributed by atoms with Crippen molar-refractivity contribution in [1.29, 1.82) is 0 Å². The molecular formula is C18H21Cl3O4. The molecule has 0 amide bonds. The van der Waals surface area contributed by atoms with Crippen molar-refractivity contribution in [1.82, 2.24) is 0 Å². The van der Waals surface area contributed by atoms with Gasteiger partial charge in [0.25, 0.3) is 0 Å². The fraction of sp³-hybridized carbons (Fsp3) is 0.556. The highest BCUT2D eigenvalue weighted by Gasteiger charge is 2.27. The number of benzene rings is 1. The number of esters is 2. The SMILES string of the molecule is O=C1OCCCCCCC(Cl)(Cl)CCC(Cl)OC(=O)c2ccccc21. The molecule has 0 N–H and O–H groups in total. The molecule has 7 heteroatoms. The van der Waals surface area contributed by atoms with E-state index < -0.39 is 21.8 Å². The molecule has 1 aliphatic heterocycles. The number of fused-ring (bicyclic) bond motifs is 1. The third kappa shape index (κ3) is 6.69. The van der Waals surface area contributed by atoms with Crippen LogP contribution in [0.15, 0.2) is 24.3 Å². The van der Waals surface area contributed by atoms with E-state index in [9.17, 15) is 9.59 Å². The van der Waals surface area contributed by atoms with E-state index in [-0.39, 0.29) is 11.1 Å². The number of halogens is 3. The lowest BCUT2D eigenvalue weighted by molar-refractivity contribution is 0.0406. The van der Waals surface area contributed by atoms with Crippen molar-refractivity contribution in [2.45, 2.75) is 54.8 Å². The van der Waals surface area contributed by atoms with Crippen LogP contribution in [0, 0.1) is 0 Å². The van der Waals surface area contributed by atoms with E-state index in [1.807, 2.05) is 0 Å². The monoisotopic (exact) mass is 406 g/mol. The highest BCUT2D eigenvalue weighted by Crippen LogP contribution is 2.34. The molecule has 0 aromatic heterocycles. The Morgan fingerprint density at radius 3 is 2.28 bits per heavy atom. The van der Waals surface area contributed by atoms with Gasteiger partial charge in [0.05, 0.1) is 17.7 Å². The van der Waals surface area contributed by atoms with Crippen LogP contribution in [0.1, 0.15) is 65.7 Å². The molecule has 0 bridgehead atoms. The van der Waals surface area contributed by atoms with Crippen molar-refractivity contribution in [3.8, 4) is 0 Å². The van der Waals surface area contributed by atoms with Crippen LogP contribution in [0.25, 0.3) is 0 Å². The second-order valence-corrected chi connectivity index (χ2v) is 8.18. The predicted octanol–water partition coefficient (Wildman–Crippen LogP) is 5.48. The summed E-state index contributed by atoms with van der Waals surface area (Å²) in [6, 6.07) is 6.36. The van der Waals surface area contributed by atoms with Gasteiger partial charge < -0.3 is 9.47 Å². The maximum absolute atomic E-state index is 12.3. The lowest BCUT2D eigenvalue weighted by Gasteiger charge is -2.21. The molecule has 1 atom stereocenters. The van der Waals surface area contributed by atoms with Crippen molar-refractivity contribution in [3.05, 3.63) is 35.4 Å². The number of carbonyl (C=O) groups is 2. The summed E-state index contributed by atoms with van der Waals surface area (Å²) >= 11 is 18.7. The van der Waals surface area contributed by atoms with E-state index in [0.717, 1.165) is 25.7 Å². The lowest BCUT2D eigenvalue weighted by atomic mass is 10.1. The highest BCUT2D eigenvalue weighted by molar-refractivity contribution is 6.48. The van der Waals surface area contributed by atoms with Crippen LogP contribution in [-0.2, 0) is 9.47 Å². The van der Waals surface area contributed by atoms with Gasteiger partial charge in [-0.1, -0.05) is 43.0 Å². The molecule has 1 aliphatic rings. The van der Waals surface area contributed by atoms with Gasteiger partial charge in [0, 0.05) is 6.42 Å². The first-order valence-electron chi connectivity index (χ1n) is 8.38. The van der Waals surface area contributed by atoms with E-state index in [1.165, 1.54) is 12.1 Å². The van der Waals surface area contributed by atoms with Crippen molar-refractivity contribution < 1.29 is 19.1 Å². The molecule has 0 saturated heterocycles. The minimum absolute atomic E-state index is 0.133. The summed E-state index contributed by atoms with van der Waals surface area (Å²) in [5, 5.41) is 0. The van der Waals surface area contributed by atoms with Crippen LogP contribution in [0.4, 0.5) is 0 Å². The van der Waals surface area contributed by atoms with E-state index in [1.54, 1.807) is 12.1 Å². The number of carbonyl (C=O) groups excluding carboxylic acids is 2. The Balaban J connectivity index is 2.15. The van der Waals surface area contributed by atoms with Crippen molar-refractivity contribution in [2.24, 2.45) is 0 Å². The van der Waals surface area contributed by atoms with E-state index in [2.05, 4.69) is 0 Å². The van der Waals surface area contributed by atoms with Gasteiger partial charge in [-0.3, -0.25) is 0 Å². The normalized spacial score (nSPS) is 23.2. The van der Waals surface area contributed by atoms with Gasteiger partial charge in [-0.05, 0) is 31.4 Å². The molecule has 1 unspecified atom stereocenters. The summed E-state index contributed by atoms with van der Waals surface area (Å²) in [7, 11) is 0. The second-order valence-electron chi connectivity index (χ2n) is 6.06. The quantitative estimate of drug-likeness (QED) is 0.422. The molecule has 138 valence electrons. The van der Waals surface area contributed by atoms with Crippen LogP contribution in [-0.4, -0.2) is 28.4 Å². The topological polar surface area (TPSA) is 52.6 Å². The Kier molecular flexibility index (Phi) is 7.85. The molecule has 0 spiro atoms. The molecule has 4 nitrogen and oxygen atoms in total. The third-order valence-corrected chi connectivity index (χ3v) is 5.07. The maximum Gasteiger partial charge on any atom is 0.340 e. The average molecular weight is 408 g/mol. The molecule has 0 saturated carbocycles. The third-order valence-electron chi connectivity index (χ3n) is 4.01. The Bertz CT molecular complexity index is 604. The fourth-order valence-electron chi connectivity index (χ4n) is 2.61. The molecule has 1 aromatic rings. The van der Waals surface area contributed by atoms with E-state index in [4.69, 9.17) is 44.3 Å². The van der Waals surface area contributed by atoms with E-state index >= 15 is 0 Å². The van der Waals surface area contributed by atoms with Gasteiger partial charge >= 0.3 is 11.9 Å². The molecule has 0 radical (unpaired) electrons. The number of hydrogen-bond donors (Lipinski definition) is 0. The molecule has 1 heterocycles. The van der Waals surface area contributed by atoms with Crippen LogP contribution >= 0.6 is 34.8 Å². The summed E-state index contributed by atoms with van der Waals surface area (Å²) in [6.07, 6.45) is 4.87. The fourth-order valence-corrected chi connectivity index (χ4v) is 3.28. The Hall–Kier alpha value is -0.970. The Morgan fingerprint density at radius 1 is 0.920 bits per heavy atom. The standard InChI is InChI=1S/C18H21Cl3O4/c19-15-9-11-18(20,21)10-5-1-2-6-12-24-16(22)13-7-3-4-8-14(13)17(23)25-15/h3-4,7-8,15H,1-2,5-6,9-12H2. The minimum atomic E-state index is -0.888. The summed E-state index contributed by atoms with van der Waals surface area (Å²) in [6.45, 7) is 0.299. The summed E-state index contributed by atoms with van der Waals surface area (Å²) < 4.78 is 9.59. The van der Waals surface area contributed by atoms with Gasteiger partial charge in [-0.2, -0.15) is 0 Å². The number of alkyl halides is 3. The highest BCUT2D eigenvalue weighted by atomic mass is 35.5. The first kappa shape index (κ1) is 20.3. The van der Waals surface area contributed by atoms with Gasteiger partial charge in [0.1, 0.15) is 4.33 Å². The lowest BCUT2D eigenvalue weighted by Crippen LogP contribution is -2.20. The van der Waals surface area contributed by atoms with Crippen molar-refractivity contribution in [3.63, 3.8) is 0 Å². The molecule has 1 aromatic carbocycles. The summed E-state index contributed by atoms with van der Waals surface area (Å²) in [4.78, 5) is 24.5. The number of cyclic esters (lactones) is 2. The van der Waals surface area contributed by atoms with Crippen LogP contribution in [0.2, 0.25) is 0 Å². The van der Waals surface area contributed by atoms with Crippen molar-refractivity contribution >= 4 is 46.7 Å². The van der Waals surface area contributed by atoms with Gasteiger partial charge in [0.15, 0.2) is 5.56 Å². The van der Waals surface area contributed by atoms with Gasteiger partial charge in [-0.15, -0.1) is 23.2 Å². The maximum atomic E-state index is 12.3. The predicted molar refractivity (Wildman–Crippen MR) is 98.5 cm³/mol. The smallest absolute Gasteiger partial charge is 0.340 e. The Morgan fingerprint density at radius 2 is 1.56 bits per heavy atom. The molecule has 2 rings (SSSR count).